The fourth-order valence-corrected chi connectivity index (χ4v) is 6.37. The Morgan fingerprint density at radius 1 is 1.21 bits per heavy atom. The second-order valence-corrected chi connectivity index (χ2v) is 9.96. The minimum absolute atomic E-state index is 0.0168. The maximum Gasteiger partial charge on any atom is 0.433 e. The molecule has 3 aliphatic heterocycles. The summed E-state index contributed by atoms with van der Waals surface area (Å²) in [4.78, 5) is 5.64. The first-order valence-electron chi connectivity index (χ1n) is 9.53. The van der Waals surface area contributed by atoms with E-state index in [0.717, 1.165) is 51.4 Å². The van der Waals surface area contributed by atoms with Gasteiger partial charge in [0.25, 0.3) is 0 Å². The standard InChI is InChI=1S/C18H24F3N3O3S/c1-2-13-7-16(18(19,20)21)22-8-15(13)28(25,26)24-11-17(12-24)9-23(10-17)14-3-5-27-6-4-14/h7-8,14H,2-6,9-12H2,1H3. The maximum atomic E-state index is 12.9. The molecule has 0 amide bonds. The van der Waals surface area contributed by atoms with E-state index in [2.05, 4.69) is 9.88 Å². The van der Waals surface area contributed by atoms with E-state index in [-0.39, 0.29) is 22.3 Å². The first kappa shape index (κ1) is 20.1. The third-order valence-corrected chi connectivity index (χ3v) is 7.91. The zero-order chi connectivity index (χ0) is 20.2. The molecule has 1 aromatic rings. The van der Waals surface area contributed by atoms with E-state index in [1.54, 1.807) is 6.92 Å². The lowest BCUT2D eigenvalue weighted by molar-refractivity contribution is -0.141. The lowest BCUT2D eigenvalue weighted by Gasteiger charge is -2.61. The van der Waals surface area contributed by atoms with E-state index < -0.39 is 21.9 Å². The molecular formula is C18H24F3N3O3S. The number of ether oxygens (including phenoxy) is 1. The molecule has 0 atom stereocenters. The van der Waals surface area contributed by atoms with Gasteiger partial charge < -0.3 is 4.74 Å². The van der Waals surface area contributed by atoms with E-state index in [9.17, 15) is 21.6 Å². The molecule has 0 aromatic carbocycles. The van der Waals surface area contributed by atoms with Gasteiger partial charge in [0.15, 0.2) is 0 Å². The van der Waals surface area contributed by atoms with Crippen molar-refractivity contribution in [1.29, 1.82) is 0 Å². The van der Waals surface area contributed by atoms with Gasteiger partial charge in [-0.05, 0) is 30.9 Å². The summed E-state index contributed by atoms with van der Waals surface area (Å²) in [5, 5.41) is 0. The molecule has 3 saturated heterocycles. The molecular weight excluding hydrogens is 395 g/mol. The van der Waals surface area contributed by atoms with Gasteiger partial charge in [-0.3, -0.25) is 9.88 Å². The molecule has 4 rings (SSSR count). The lowest BCUT2D eigenvalue weighted by atomic mass is 9.73. The summed E-state index contributed by atoms with van der Waals surface area (Å²) in [6.07, 6.45) is -1.52. The minimum Gasteiger partial charge on any atom is -0.381 e. The van der Waals surface area contributed by atoms with Crippen LogP contribution >= 0.6 is 0 Å². The average Bonchev–Trinajstić information content (AvgIpc) is 2.58. The van der Waals surface area contributed by atoms with Crippen LogP contribution in [0.4, 0.5) is 13.2 Å². The summed E-state index contributed by atoms with van der Waals surface area (Å²) in [6, 6.07) is 1.36. The molecule has 0 N–H and O–H groups in total. The molecule has 3 aliphatic rings. The fraction of sp³-hybridized carbons (Fsp3) is 0.722. The van der Waals surface area contributed by atoms with Crippen LogP contribution in [0.3, 0.4) is 0 Å². The van der Waals surface area contributed by atoms with Crippen LogP contribution in [0.15, 0.2) is 17.2 Å². The van der Waals surface area contributed by atoms with Crippen molar-refractivity contribution in [3.05, 3.63) is 23.5 Å². The molecule has 156 valence electrons. The van der Waals surface area contributed by atoms with Gasteiger partial charge in [0.2, 0.25) is 10.0 Å². The van der Waals surface area contributed by atoms with Crippen LogP contribution in [0.1, 0.15) is 31.0 Å². The smallest absolute Gasteiger partial charge is 0.381 e. The zero-order valence-electron chi connectivity index (χ0n) is 15.7. The van der Waals surface area contributed by atoms with Gasteiger partial charge in [0, 0.05) is 57.0 Å². The normalized spacial score (nSPS) is 24.1. The Balaban J connectivity index is 1.43. The van der Waals surface area contributed by atoms with E-state index >= 15 is 0 Å². The third-order valence-electron chi connectivity index (χ3n) is 6.05. The number of hydrogen-bond acceptors (Lipinski definition) is 5. The quantitative estimate of drug-likeness (QED) is 0.749. The van der Waals surface area contributed by atoms with Crippen molar-refractivity contribution < 1.29 is 26.3 Å². The van der Waals surface area contributed by atoms with Crippen LogP contribution in [0.2, 0.25) is 0 Å². The Bertz CT molecular complexity index is 839. The van der Waals surface area contributed by atoms with E-state index in [1.165, 1.54) is 4.31 Å². The Hall–Kier alpha value is -1.23. The number of halogens is 3. The molecule has 0 bridgehead atoms. The number of hydrogen-bond donors (Lipinski definition) is 0. The third kappa shape index (κ3) is 3.44. The summed E-state index contributed by atoms with van der Waals surface area (Å²) in [5.41, 5.74) is -0.924. The molecule has 1 aromatic heterocycles. The van der Waals surface area contributed by atoms with Crippen LogP contribution in [0.5, 0.6) is 0 Å². The average molecular weight is 419 g/mol. The van der Waals surface area contributed by atoms with Gasteiger partial charge in [0.05, 0.1) is 0 Å². The number of rotatable bonds is 4. The van der Waals surface area contributed by atoms with Crippen molar-refractivity contribution >= 4 is 10.0 Å². The highest BCUT2D eigenvalue weighted by Gasteiger charge is 2.56. The molecule has 0 saturated carbocycles. The first-order chi connectivity index (χ1) is 13.1. The summed E-state index contributed by atoms with van der Waals surface area (Å²) < 4.78 is 71.3. The highest BCUT2D eigenvalue weighted by atomic mass is 32.2. The Kier molecular flexibility index (Phi) is 4.96. The van der Waals surface area contributed by atoms with Crippen molar-refractivity contribution in [1.82, 2.24) is 14.2 Å². The van der Waals surface area contributed by atoms with E-state index in [0.29, 0.717) is 19.1 Å². The highest BCUT2D eigenvalue weighted by molar-refractivity contribution is 7.89. The molecule has 10 heteroatoms. The molecule has 4 heterocycles. The van der Waals surface area contributed by atoms with E-state index in [4.69, 9.17) is 4.74 Å². The monoisotopic (exact) mass is 419 g/mol. The topological polar surface area (TPSA) is 62.7 Å². The number of aromatic nitrogens is 1. The number of aryl methyl sites for hydroxylation is 1. The van der Waals surface area contributed by atoms with Gasteiger partial charge in [-0.15, -0.1) is 0 Å². The van der Waals surface area contributed by atoms with Crippen molar-refractivity contribution in [2.45, 2.75) is 43.3 Å². The van der Waals surface area contributed by atoms with Crippen LogP contribution in [-0.2, 0) is 27.4 Å². The van der Waals surface area contributed by atoms with Crippen LogP contribution in [-0.4, -0.2) is 68.0 Å². The van der Waals surface area contributed by atoms with Gasteiger partial charge in [-0.25, -0.2) is 8.42 Å². The SMILES string of the molecule is CCc1cc(C(F)(F)F)ncc1S(=O)(=O)N1CC2(CN(C3CCOCC3)C2)C1. The zero-order valence-corrected chi connectivity index (χ0v) is 16.5. The number of alkyl halides is 3. The van der Waals surface area contributed by atoms with Crippen LogP contribution in [0.25, 0.3) is 0 Å². The molecule has 1 spiro atoms. The van der Waals surface area contributed by atoms with Gasteiger partial charge in [0.1, 0.15) is 10.6 Å². The summed E-state index contributed by atoms with van der Waals surface area (Å²) in [7, 11) is -3.83. The van der Waals surface area contributed by atoms with Crippen molar-refractivity contribution in [2.24, 2.45) is 5.41 Å². The number of likely N-dealkylation sites (tertiary alicyclic amines) is 1. The number of pyridine rings is 1. The minimum atomic E-state index is -4.59. The number of sulfonamides is 1. The largest absolute Gasteiger partial charge is 0.433 e. The molecule has 0 unspecified atom stereocenters. The molecule has 0 radical (unpaired) electrons. The van der Waals surface area contributed by atoms with Crippen molar-refractivity contribution in [2.75, 3.05) is 39.4 Å². The Labute approximate surface area is 162 Å². The van der Waals surface area contributed by atoms with Gasteiger partial charge in [-0.2, -0.15) is 17.5 Å². The summed E-state index contributed by atoms with van der Waals surface area (Å²) in [5.74, 6) is 0. The summed E-state index contributed by atoms with van der Waals surface area (Å²) >= 11 is 0. The molecule has 3 fully saturated rings. The fourth-order valence-electron chi connectivity index (χ4n) is 4.48. The van der Waals surface area contributed by atoms with Crippen molar-refractivity contribution in [3.8, 4) is 0 Å². The predicted octanol–water partition coefficient (Wildman–Crippen LogP) is 2.15. The van der Waals surface area contributed by atoms with Crippen LogP contribution in [0, 0.1) is 5.41 Å². The molecule has 0 aliphatic carbocycles. The first-order valence-corrected chi connectivity index (χ1v) is 11.0. The predicted molar refractivity (Wildman–Crippen MR) is 95.2 cm³/mol. The second-order valence-electron chi connectivity index (χ2n) is 8.05. The van der Waals surface area contributed by atoms with Crippen LogP contribution < -0.4 is 0 Å². The molecule has 6 nitrogen and oxygen atoms in total. The lowest BCUT2D eigenvalue weighted by Crippen LogP contribution is -2.74. The molecule has 28 heavy (non-hydrogen) atoms. The van der Waals surface area contributed by atoms with Gasteiger partial charge >= 0.3 is 6.18 Å². The Morgan fingerprint density at radius 3 is 2.43 bits per heavy atom. The highest BCUT2D eigenvalue weighted by Crippen LogP contribution is 2.44. The van der Waals surface area contributed by atoms with E-state index in [1.807, 2.05) is 0 Å². The van der Waals surface area contributed by atoms with Gasteiger partial charge in [-0.1, -0.05) is 6.92 Å². The maximum absolute atomic E-state index is 12.9. The Morgan fingerprint density at radius 2 is 1.86 bits per heavy atom. The second kappa shape index (κ2) is 6.93. The number of nitrogens with zero attached hydrogens (tertiary/aromatic N) is 3. The van der Waals surface area contributed by atoms with Crippen molar-refractivity contribution in [3.63, 3.8) is 0 Å². The summed E-state index contributed by atoms with van der Waals surface area (Å²) in [6.45, 7) is 5.76.